The number of ether oxygens (including phenoxy) is 3. The second kappa shape index (κ2) is 6.35. The van der Waals surface area contributed by atoms with Crippen molar-refractivity contribution >= 4 is 23.9 Å². The number of urea groups is 1. The average Bonchev–Trinajstić information content (AvgIpc) is 3.03. The molecule has 2 aromatic carbocycles. The van der Waals surface area contributed by atoms with Crippen LogP contribution in [0.5, 0.6) is 17.2 Å². The highest BCUT2D eigenvalue weighted by Crippen LogP contribution is 2.35. The molecular formula is C18H16N2O5. The normalized spacial score (nSPS) is 16.1. The van der Waals surface area contributed by atoms with Crippen molar-refractivity contribution in [2.75, 3.05) is 36.1 Å². The minimum atomic E-state index is -0.139. The van der Waals surface area contributed by atoms with E-state index in [1.54, 1.807) is 28.0 Å². The van der Waals surface area contributed by atoms with Gasteiger partial charge in [-0.1, -0.05) is 6.07 Å². The van der Waals surface area contributed by atoms with Gasteiger partial charge in [0.1, 0.15) is 19.0 Å². The molecule has 2 aliphatic rings. The predicted octanol–water partition coefficient (Wildman–Crippen LogP) is 2.44. The smallest absolute Gasteiger partial charge is 0.329 e. The number of amides is 2. The highest BCUT2D eigenvalue weighted by molar-refractivity contribution is 6.06. The molecule has 0 unspecified atom stereocenters. The molecule has 128 valence electrons. The van der Waals surface area contributed by atoms with Crippen molar-refractivity contribution in [1.82, 2.24) is 0 Å². The van der Waals surface area contributed by atoms with Crippen molar-refractivity contribution in [2.24, 2.45) is 0 Å². The molecule has 7 heteroatoms. The van der Waals surface area contributed by atoms with Crippen LogP contribution in [-0.4, -0.2) is 38.8 Å². The minimum absolute atomic E-state index is 0.139. The van der Waals surface area contributed by atoms with Gasteiger partial charge in [0.15, 0.2) is 11.5 Å². The van der Waals surface area contributed by atoms with E-state index < -0.39 is 0 Å². The van der Waals surface area contributed by atoms with Crippen molar-refractivity contribution in [3.8, 4) is 17.2 Å². The Bertz CT molecular complexity index is 823. The van der Waals surface area contributed by atoms with Crippen LogP contribution in [0.3, 0.4) is 0 Å². The van der Waals surface area contributed by atoms with Crippen LogP contribution in [-0.2, 0) is 4.79 Å². The van der Waals surface area contributed by atoms with Gasteiger partial charge in [0.05, 0.1) is 0 Å². The van der Waals surface area contributed by atoms with Crippen molar-refractivity contribution in [1.29, 1.82) is 0 Å². The maximum Gasteiger partial charge on any atom is 0.329 e. The molecule has 2 amide bonds. The monoisotopic (exact) mass is 340 g/mol. The number of hydrogen-bond acceptors (Lipinski definition) is 5. The van der Waals surface area contributed by atoms with Crippen LogP contribution in [0.15, 0.2) is 42.5 Å². The lowest BCUT2D eigenvalue weighted by Crippen LogP contribution is -2.31. The van der Waals surface area contributed by atoms with Crippen LogP contribution in [0.1, 0.15) is 0 Å². The van der Waals surface area contributed by atoms with E-state index in [1.807, 2.05) is 24.3 Å². The summed E-state index contributed by atoms with van der Waals surface area (Å²) in [4.78, 5) is 26.6. The van der Waals surface area contributed by atoms with E-state index in [4.69, 9.17) is 14.2 Å². The number of carbonyl (C=O) groups excluding carboxylic acids is 2. The van der Waals surface area contributed by atoms with Crippen LogP contribution < -0.4 is 24.0 Å². The van der Waals surface area contributed by atoms with Gasteiger partial charge in [0.25, 0.3) is 6.47 Å². The van der Waals surface area contributed by atoms with Gasteiger partial charge in [0.2, 0.25) is 0 Å². The average molecular weight is 340 g/mol. The van der Waals surface area contributed by atoms with Crippen molar-refractivity contribution in [2.45, 2.75) is 0 Å². The molecule has 0 saturated carbocycles. The third-order valence-corrected chi connectivity index (χ3v) is 4.16. The van der Waals surface area contributed by atoms with Gasteiger partial charge in [-0.2, -0.15) is 0 Å². The first-order valence-electron chi connectivity index (χ1n) is 7.95. The Hall–Kier alpha value is -3.22. The molecule has 0 N–H and O–H groups in total. The summed E-state index contributed by atoms with van der Waals surface area (Å²) in [6, 6.07) is 12.2. The first-order valence-corrected chi connectivity index (χ1v) is 7.95. The summed E-state index contributed by atoms with van der Waals surface area (Å²) in [6.45, 7) is 2.49. The molecule has 2 aliphatic heterocycles. The zero-order valence-electron chi connectivity index (χ0n) is 13.4. The predicted molar refractivity (Wildman–Crippen MR) is 90.7 cm³/mol. The van der Waals surface area contributed by atoms with Gasteiger partial charge < -0.3 is 14.2 Å². The van der Waals surface area contributed by atoms with Gasteiger partial charge in [-0.3, -0.25) is 14.6 Å². The molecule has 0 spiro atoms. The van der Waals surface area contributed by atoms with Crippen LogP contribution >= 0.6 is 0 Å². The molecule has 1 saturated heterocycles. The third-order valence-electron chi connectivity index (χ3n) is 4.16. The summed E-state index contributed by atoms with van der Waals surface area (Å²) in [5.41, 5.74) is 1.45. The van der Waals surface area contributed by atoms with E-state index in [1.165, 1.54) is 0 Å². The summed E-state index contributed by atoms with van der Waals surface area (Å²) in [6.07, 6.45) is 0. The molecule has 25 heavy (non-hydrogen) atoms. The highest BCUT2D eigenvalue weighted by atomic mass is 16.6. The molecule has 7 nitrogen and oxygen atoms in total. The molecule has 4 rings (SSSR count). The van der Waals surface area contributed by atoms with E-state index in [-0.39, 0.29) is 6.03 Å². The lowest BCUT2D eigenvalue weighted by atomic mass is 10.2. The van der Waals surface area contributed by atoms with Gasteiger partial charge >= 0.3 is 6.03 Å². The fraction of sp³-hybridized carbons (Fsp3) is 0.222. The van der Waals surface area contributed by atoms with Gasteiger partial charge in [0, 0.05) is 36.6 Å². The number of hydrogen-bond donors (Lipinski definition) is 0. The number of rotatable bonds is 4. The number of anilines is 2. The van der Waals surface area contributed by atoms with E-state index >= 15 is 0 Å². The molecule has 2 heterocycles. The van der Waals surface area contributed by atoms with E-state index in [0.717, 1.165) is 5.69 Å². The Balaban J connectivity index is 1.57. The summed E-state index contributed by atoms with van der Waals surface area (Å²) in [5, 5.41) is 0. The lowest BCUT2D eigenvalue weighted by Gasteiger charge is -2.22. The molecule has 1 fully saturated rings. The Labute approximate surface area is 144 Å². The number of nitrogens with zero attached hydrogens (tertiary/aromatic N) is 2. The number of benzene rings is 2. The first kappa shape index (κ1) is 15.3. The third kappa shape index (κ3) is 2.84. The minimum Gasteiger partial charge on any atom is -0.486 e. The van der Waals surface area contributed by atoms with Gasteiger partial charge in [-0.05, 0) is 24.3 Å². The van der Waals surface area contributed by atoms with Gasteiger partial charge in [-0.15, -0.1) is 0 Å². The maximum absolute atomic E-state index is 12.8. The van der Waals surface area contributed by atoms with Crippen molar-refractivity contribution in [3.05, 3.63) is 42.5 Å². The van der Waals surface area contributed by atoms with Crippen LogP contribution in [0.25, 0.3) is 0 Å². The standard InChI is InChI=1S/C18H16N2O5/c21-12-25-15-3-1-2-13(10-15)19-6-7-20(18(19)22)14-4-5-16-17(11-14)24-9-8-23-16/h1-5,10-12H,6-9H2. The Morgan fingerprint density at radius 2 is 1.64 bits per heavy atom. The first-order chi connectivity index (χ1) is 12.3. The second-order valence-corrected chi connectivity index (χ2v) is 5.63. The van der Waals surface area contributed by atoms with E-state index in [2.05, 4.69) is 0 Å². The zero-order valence-corrected chi connectivity index (χ0v) is 13.4. The molecule has 0 aliphatic carbocycles. The molecule has 0 aromatic heterocycles. The molecule has 0 radical (unpaired) electrons. The largest absolute Gasteiger partial charge is 0.486 e. The second-order valence-electron chi connectivity index (χ2n) is 5.63. The Morgan fingerprint density at radius 3 is 2.40 bits per heavy atom. The van der Waals surface area contributed by atoms with Crippen molar-refractivity contribution in [3.63, 3.8) is 0 Å². The fourth-order valence-electron chi connectivity index (χ4n) is 3.00. The zero-order chi connectivity index (χ0) is 17.2. The number of fused-ring (bicyclic) bond motifs is 1. The van der Waals surface area contributed by atoms with E-state index in [0.29, 0.717) is 55.7 Å². The molecule has 0 bridgehead atoms. The van der Waals surface area contributed by atoms with Gasteiger partial charge in [-0.25, -0.2) is 4.79 Å². The SMILES string of the molecule is O=COc1cccc(N2CCN(c3ccc4c(c3)OCCO4)C2=O)c1. The topological polar surface area (TPSA) is 68.3 Å². The summed E-state index contributed by atoms with van der Waals surface area (Å²) in [7, 11) is 0. The number of carbonyl (C=O) groups is 2. The molecule has 0 atom stereocenters. The Morgan fingerprint density at radius 1 is 0.920 bits per heavy atom. The van der Waals surface area contributed by atoms with Crippen molar-refractivity contribution < 1.29 is 23.8 Å². The summed E-state index contributed by atoms with van der Waals surface area (Å²) in [5.74, 6) is 1.74. The lowest BCUT2D eigenvalue weighted by molar-refractivity contribution is -0.120. The highest BCUT2D eigenvalue weighted by Gasteiger charge is 2.31. The van der Waals surface area contributed by atoms with E-state index in [9.17, 15) is 9.59 Å². The fourth-order valence-corrected chi connectivity index (χ4v) is 3.00. The Kier molecular flexibility index (Phi) is 3.89. The van der Waals surface area contributed by atoms with Crippen LogP contribution in [0, 0.1) is 0 Å². The van der Waals surface area contributed by atoms with Crippen LogP contribution in [0.4, 0.5) is 16.2 Å². The molecule has 2 aromatic rings. The maximum atomic E-state index is 12.8. The molecular weight excluding hydrogens is 324 g/mol. The van der Waals surface area contributed by atoms with Crippen LogP contribution in [0.2, 0.25) is 0 Å². The summed E-state index contributed by atoms with van der Waals surface area (Å²) < 4.78 is 16.0. The quantitative estimate of drug-likeness (QED) is 0.800. The summed E-state index contributed by atoms with van der Waals surface area (Å²) >= 11 is 0.